The van der Waals surface area contributed by atoms with E-state index in [9.17, 15) is 18.4 Å². The van der Waals surface area contributed by atoms with Gasteiger partial charge in [0.05, 0.1) is 10.9 Å². The molecule has 1 aromatic heterocycles. The highest BCUT2D eigenvalue weighted by Crippen LogP contribution is 2.30. The molecule has 3 rings (SSSR count). The Morgan fingerprint density at radius 1 is 1.16 bits per heavy atom. The minimum absolute atomic E-state index is 0.0400. The Hall–Kier alpha value is -1.98. The highest BCUT2D eigenvalue weighted by atomic mass is 19.1. The van der Waals surface area contributed by atoms with Crippen LogP contribution in [0.4, 0.5) is 8.78 Å². The fraction of sp³-hybridized carbons (Fsp3) is 0.385. The molecule has 1 saturated carbocycles. The molecule has 1 fully saturated rings. The van der Waals surface area contributed by atoms with Gasteiger partial charge in [0.1, 0.15) is 11.6 Å². The summed E-state index contributed by atoms with van der Waals surface area (Å²) in [5.41, 5.74) is -1.38. The van der Waals surface area contributed by atoms with Crippen LogP contribution in [-0.2, 0) is 0 Å². The van der Waals surface area contributed by atoms with Crippen LogP contribution in [0.15, 0.2) is 21.7 Å². The van der Waals surface area contributed by atoms with Crippen molar-refractivity contribution >= 4 is 10.9 Å². The lowest BCUT2D eigenvalue weighted by Crippen LogP contribution is -2.32. The Morgan fingerprint density at radius 3 is 2.53 bits per heavy atom. The summed E-state index contributed by atoms with van der Waals surface area (Å²) in [5, 5.41) is -0.257. The fourth-order valence-corrected chi connectivity index (χ4v) is 2.83. The van der Waals surface area contributed by atoms with E-state index in [-0.39, 0.29) is 16.9 Å². The molecule has 0 atom stereocenters. The molecule has 0 bridgehead atoms. The lowest BCUT2D eigenvalue weighted by atomic mass is 10.2. The number of benzene rings is 1. The lowest BCUT2D eigenvalue weighted by molar-refractivity contribution is 0.505. The summed E-state index contributed by atoms with van der Waals surface area (Å²) in [7, 11) is 0. The molecule has 1 N–H and O–H groups in total. The summed E-state index contributed by atoms with van der Waals surface area (Å²) in [6.45, 7) is 0. The second kappa shape index (κ2) is 4.29. The molecule has 0 spiro atoms. The van der Waals surface area contributed by atoms with E-state index in [2.05, 4.69) is 4.98 Å². The van der Waals surface area contributed by atoms with E-state index in [1.165, 1.54) is 4.57 Å². The molecule has 4 nitrogen and oxygen atoms in total. The van der Waals surface area contributed by atoms with Crippen molar-refractivity contribution in [2.24, 2.45) is 0 Å². The normalized spacial score (nSPS) is 16.3. The van der Waals surface area contributed by atoms with Gasteiger partial charge in [-0.15, -0.1) is 0 Å². The van der Waals surface area contributed by atoms with Crippen molar-refractivity contribution in [1.82, 2.24) is 9.55 Å². The number of rotatable bonds is 1. The monoisotopic (exact) mass is 266 g/mol. The van der Waals surface area contributed by atoms with Gasteiger partial charge in [-0.3, -0.25) is 14.3 Å². The van der Waals surface area contributed by atoms with Gasteiger partial charge in [-0.05, 0) is 18.9 Å². The first kappa shape index (κ1) is 12.1. The van der Waals surface area contributed by atoms with Crippen molar-refractivity contribution in [3.8, 4) is 0 Å². The second-order valence-corrected chi connectivity index (χ2v) is 4.85. The smallest absolute Gasteiger partial charge is 0.290 e. The quantitative estimate of drug-likeness (QED) is 0.859. The molecule has 0 radical (unpaired) electrons. The zero-order chi connectivity index (χ0) is 13.6. The minimum Gasteiger partial charge on any atom is -0.290 e. The predicted molar refractivity (Wildman–Crippen MR) is 66.2 cm³/mol. The Morgan fingerprint density at radius 2 is 1.84 bits per heavy atom. The number of nitrogens with one attached hydrogen (secondary N) is 1. The molecule has 0 amide bonds. The first-order valence-corrected chi connectivity index (χ1v) is 6.21. The summed E-state index contributed by atoms with van der Waals surface area (Å²) >= 11 is 0. The van der Waals surface area contributed by atoms with Gasteiger partial charge in [0.15, 0.2) is 0 Å². The molecular formula is C13H12F2N2O2. The van der Waals surface area contributed by atoms with Gasteiger partial charge in [-0.25, -0.2) is 13.6 Å². The molecule has 0 unspecified atom stereocenters. The number of halogens is 2. The van der Waals surface area contributed by atoms with Gasteiger partial charge in [0.2, 0.25) is 0 Å². The molecule has 100 valence electrons. The molecule has 1 aliphatic rings. The van der Waals surface area contributed by atoms with E-state index in [0.29, 0.717) is 6.07 Å². The molecule has 1 aliphatic carbocycles. The van der Waals surface area contributed by atoms with Gasteiger partial charge in [0.25, 0.3) is 5.56 Å². The summed E-state index contributed by atoms with van der Waals surface area (Å²) in [6.07, 6.45) is 3.49. The Kier molecular flexibility index (Phi) is 2.73. The van der Waals surface area contributed by atoms with Gasteiger partial charge < -0.3 is 0 Å². The maximum Gasteiger partial charge on any atom is 0.329 e. The van der Waals surface area contributed by atoms with Crippen molar-refractivity contribution < 1.29 is 8.78 Å². The maximum absolute atomic E-state index is 13.7. The van der Waals surface area contributed by atoms with Crippen molar-refractivity contribution in [3.63, 3.8) is 0 Å². The summed E-state index contributed by atoms with van der Waals surface area (Å²) in [6, 6.07) is 1.60. The number of H-pyrrole nitrogens is 1. The van der Waals surface area contributed by atoms with Crippen molar-refractivity contribution in [1.29, 1.82) is 0 Å². The standard InChI is InChI=1S/C13H12F2N2O2/c14-7-5-9(15)11-10(6-7)17(8-3-1-2-4-8)13(19)16-12(11)18/h5-6,8H,1-4H2,(H,16,18,19). The van der Waals surface area contributed by atoms with Crippen LogP contribution in [0, 0.1) is 11.6 Å². The molecule has 1 heterocycles. The second-order valence-electron chi connectivity index (χ2n) is 4.85. The van der Waals surface area contributed by atoms with Crippen LogP contribution >= 0.6 is 0 Å². The average Bonchev–Trinajstić information content (AvgIpc) is 2.80. The topological polar surface area (TPSA) is 54.9 Å². The first-order chi connectivity index (χ1) is 9.08. The molecule has 6 heteroatoms. The van der Waals surface area contributed by atoms with Crippen molar-refractivity contribution in [3.05, 3.63) is 44.6 Å². The average molecular weight is 266 g/mol. The maximum atomic E-state index is 13.7. The highest BCUT2D eigenvalue weighted by molar-refractivity contribution is 5.78. The van der Waals surface area contributed by atoms with E-state index in [0.717, 1.165) is 31.7 Å². The van der Waals surface area contributed by atoms with Crippen LogP contribution in [0.5, 0.6) is 0 Å². The van der Waals surface area contributed by atoms with E-state index in [1.54, 1.807) is 0 Å². The van der Waals surface area contributed by atoms with Gasteiger partial charge in [0, 0.05) is 12.1 Å². The van der Waals surface area contributed by atoms with E-state index >= 15 is 0 Å². The number of aromatic amines is 1. The van der Waals surface area contributed by atoms with Crippen LogP contribution in [0.3, 0.4) is 0 Å². The van der Waals surface area contributed by atoms with Crippen molar-refractivity contribution in [2.75, 3.05) is 0 Å². The van der Waals surface area contributed by atoms with Gasteiger partial charge in [-0.2, -0.15) is 0 Å². The molecule has 0 saturated heterocycles. The van der Waals surface area contributed by atoms with E-state index in [1.807, 2.05) is 0 Å². The number of aromatic nitrogens is 2. The van der Waals surface area contributed by atoms with Gasteiger partial charge >= 0.3 is 5.69 Å². The lowest BCUT2D eigenvalue weighted by Gasteiger charge is -2.16. The van der Waals surface area contributed by atoms with Gasteiger partial charge in [-0.1, -0.05) is 12.8 Å². The third kappa shape index (κ3) is 1.87. The molecular weight excluding hydrogens is 254 g/mol. The first-order valence-electron chi connectivity index (χ1n) is 6.21. The zero-order valence-electron chi connectivity index (χ0n) is 10.1. The summed E-state index contributed by atoms with van der Waals surface area (Å²) < 4.78 is 28.4. The van der Waals surface area contributed by atoms with Crippen LogP contribution < -0.4 is 11.2 Å². The molecule has 2 aromatic rings. The Bertz CT molecular complexity index is 758. The van der Waals surface area contributed by atoms with Crippen LogP contribution in [-0.4, -0.2) is 9.55 Å². The Labute approximate surface area is 106 Å². The van der Waals surface area contributed by atoms with Crippen LogP contribution in [0.1, 0.15) is 31.7 Å². The van der Waals surface area contributed by atoms with Crippen LogP contribution in [0.2, 0.25) is 0 Å². The number of hydrogen-bond donors (Lipinski definition) is 1. The number of fused-ring (bicyclic) bond motifs is 1. The third-order valence-corrected chi connectivity index (χ3v) is 3.65. The molecule has 19 heavy (non-hydrogen) atoms. The highest BCUT2D eigenvalue weighted by Gasteiger charge is 2.22. The minimum atomic E-state index is -0.942. The molecule has 0 aliphatic heterocycles. The summed E-state index contributed by atoms with van der Waals surface area (Å²) in [5.74, 6) is -1.73. The molecule has 1 aromatic carbocycles. The number of hydrogen-bond acceptors (Lipinski definition) is 2. The van der Waals surface area contributed by atoms with Crippen LogP contribution in [0.25, 0.3) is 10.9 Å². The third-order valence-electron chi connectivity index (χ3n) is 3.65. The fourth-order valence-electron chi connectivity index (χ4n) is 2.83. The van der Waals surface area contributed by atoms with Crippen molar-refractivity contribution in [2.45, 2.75) is 31.7 Å². The van der Waals surface area contributed by atoms with E-state index in [4.69, 9.17) is 0 Å². The SMILES string of the molecule is O=c1[nH]c(=O)n(C2CCCC2)c2cc(F)cc(F)c12. The predicted octanol–water partition coefficient (Wildman–Crippen LogP) is 2.08. The number of nitrogens with zero attached hydrogens (tertiary/aromatic N) is 1. The Balaban J connectivity index is 2.43. The summed E-state index contributed by atoms with van der Waals surface area (Å²) in [4.78, 5) is 25.7. The zero-order valence-corrected chi connectivity index (χ0v) is 10.1. The van der Waals surface area contributed by atoms with E-state index < -0.39 is 22.9 Å². The largest absolute Gasteiger partial charge is 0.329 e.